The van der Waals surface area contributed by atoms with Gasteiger partial charge in [-0.3, -0.25) is 13.9 Å². The summed E-state index contributed by atoms with van der Waals surface area (Å²) in [5, 5.41) is 13.6. The molecular weight excluding hydrogens is 602 g/mol. The van der Waals surface area contributed by atoms with E-state index in [2.05, 4.69) is 0 Å². The predicted molar refractivity (Wildman–Crippen MR) is 167 cm³/mol. The molecule has 2 heterocycles. The summed E-state index contributed by atoms with van der Waals surface area (Å²) in [5.74, 6) is -0.780. The van der Waals surface area contributed by atoms with Gasteiger partial charge in [-0.25, -0.2) is 0 Å². The highest BCUT2D eigenvalue weighted by Crippen LogP contribution is 2.49. The van der Waals surface area contributed by atoms with Gasteiger partial charge in [-0.05, 0) is 38.0 Å². The van der Waals surface area contributed by atoms with Gasteiger partial charge in [-0.2, -0.15) is 4.58 Å². The Hall–Kier alpha value is -3.10. The Kier molecular flexibility index (Phi) is 8.34. The smallest absolute Gasteiger partial charge is 0.325 e. The van der Waals surface area contributed by atoms with Crippen LogP contribution in [0.25, 0.3) is 0 Å². The summed E-state index contributed by atoms with van der Waals surface area (Å²) < 4.78 is 25.0. The average molecular weight is 641 g/mol. The number of fused-ring (bicyclic) bond motifs is 2. The van der Waals surface area contributed by atoms with Crippen molar-refractivity contribution in [1.82, 2.24) is 0 Å². The summed E-state index contributed by atoms with van der Waals surface area (Å²) in [5.41, 5.74) is 4.12. The Morgan fingerprint density at radius 2 is 1.43 bits per heavy atom. The standard InChI is InChI=1S/C32H38N2O8P2/c1-31(2)23-11-5-7-13-25(23)33(15-9-17-43(37,38)39)27(31)19-21-29(35)22(30(21)36)20-28-32(3,4)24-12-6-8-14-26(24)34(28)16-10-18-44(40,41)42/h5-8,11-14,19-20H,9-10,15-18H2,1-4H3,(H4-,35,36,37,38,39,40,41,42). The largest absolute Gasteiger partial charge is 0.871 e. The van der Waals surface area contributed by atoms with E-state index in [0.717, 1.165) is 22.5 Å². The molecule has 3 aliphatic rings. The van der Waals surface area contributed by atoms with Crippen molar-refractivity contribution >= 4 is 38.1 Å². The molecular formula is C32H38N2O8P2. The minimum Gasteiger partial charge on any atom is -0.871 e. The number of nitrogens with zero attached hydrogens (tertiary/aromatic N) is 2. The van der Waals surface area contributed by atoms with Gasteiger partial charge < -0.3 is 29.6 Å². The third-order valence-corrected chi connectivity index (χ3v) is 10.6. The van der Waals surface area contributed by atoms with Crippen LogP contribution in [0.1, 0.15) is 51.7 Å². The van der Waals surface area contributed by atoms with Crippen LogP contribution in [0.2, 0.25) is 0 Å². The van der Waals surface area contributed by atoms with Gasteiger partial charge in [-0.1, -0.05) is 56.0 Å². The Morgan fingerprint density at radius 1 is 0.841 bits per heavy atom. The van der Waals surface area contributed by atoms with E-state index in [4.69, 9.17) is 0 Å². The molecule has 0 atom stereocenters. The minimum atomic E-state index is -4.19. The normalized spacial score (nSPS) is 20.9. The highest BCUT2D eigenvalue weighted by atomic mass is 31.2. The van der Waals surface area contributed by atoms with E-state index >= 15 is 0 Å². The van der Waals surface area contributed by atoms with Gasteiger partial charge >= 0.3 is 15.2 Å². The molecule has 2 aromatic carbocycles. The van der Waals surface area contributed by atoms with Gasteiger partial charge in [0.05, 0.1) is 17.7 Å². The highest BCUT2D eigenvalue weighted by molar-refractivity contribution is 7.52. The molecule has 0 saturated heterocycles. The molecule has 0 spiro atoms. The van der Waals surface area contributed by atoms with Crippen LogP contribution >= 0.6 is 15.2 Å². The summed E-state index contributed by atoms with van der Waals surface area (Å²) >= 11 is 0. The molecule has 1 aliphatic carbocycles. The Morgan fingerprint density at radius 3 is 2.07 bits per heavy atom. The second-order valence-electron chi connectivity index (χ2n) is 12.6. The Balaban J connectivity index is 1.53. The maximum Gasteiger partial charge on any atom is 0.325 e. The third kappa shape index (κ3) is 5.95. The van der Waals surface area contributed by atoms with Crippen LogP contribution in [-0.2, 0) is 24.8 Å². The number of benzene rings is 2. The summed E-state index contributed by atoms with van der Waals surface area (Å²) in [6, 6.07) is 15.4. The monoisotopic (exact) mass is 640 g/mol. The van der Waals surface area contributed by atoms with Crippen molar-refractivity contribution in [2.75, 3.05) is 30.3 Å². The van der Waals surface area contributed by atoms with Crippen LogP contribution in [0.5, 0.6) is 0 Å². The average Bonchev–Trinajstić information content (AvgIpc) is 3.27. The molecule has 0 amide bonds. The van der Waals surface area contributed by atoms with Crippen molar-refractivity contribution in [2.45, 2.75) is 51.4 Å². The zero-order valence-electron chi connectivity index (χ0n) is 25.2. The molecule has 12 heteroatoms. The molecule has 0 fully saturated rings. The molecule has 0 aromatic heterocycles. The zero-order valence-corrected chi connectivity index (χ0v) is 27.0. The Bertz CT molecular complexity index is 1760. The molecule has 0 bridgehead atoms. The first-order valence-corrected chi connectivity index (χ1v) is 18.1. The van der Waals surface area contributed by atoms with E-state index in [1.54, 1.807) is 12.2 Å². The van der Waals surface area contributed by atoms with E-state index in [9.17, 15) is 38.6 Å². The van der Waals surface area contributed by atoms with Gasteiger partial charge in [0, 0.05) is 58.6 Å². The number of carbonyl (C=O) groups excluding carboxylic acids is 1. The van der Waals surface area contributed by atoms with E-state index in [0.29, 0.717) is 24.5 Å². The van der Waals surface area contributed by atoms with E-state index in [1.807, 2.05) is 85.7 Å². The van der Waals surface area contributed by atoms with Crippen molar-refractivity contribution in [2.24, 2.45) is 0 Å². The number of hydrogen-bond acceptors (Lipinski definition) is 5. The summed E-state index contributed by atoms with van der Waals surface area (Å²) in [6.45, 7) is 8.60. The van der Waals surface area contributed by atoms with Gasteiger partial charge in [-0.15, -0.1) is 0 Å². The fourth-order valence-corrected chi connectivity index (χ4v) is 7.63. The number of allylic oxidation sites excluding steroid dienone is 5. The highest BCUT2D eigenvalue weighted by Gasteiger charge is 2.46. The van der Waals surface area contributed by atoms with E-state index < -0.39 is 26.0 Å². The van der Waals surface area contributed by atoms with Gasteiger partial charge in [0.15, 0.2) is 11.5 Å². The molecule has 0 radical (unpaired) electrons. The topological polar surface area (TPSA) is 161 Å². The number of para-hydroxylation sites is 2. The second kappa shape index (κ2) is 11.4. The molecule has 2 aromatic rings. The number of anilines is 1. The zero-order chi connectivity index (χ0) is 32.2. The number of hydrogen-bond donors (Lipinski definition) is 4. The molecule has 0 unspecified atom stereocenters. The predicted octanol–water partition coefficient (Wildman–Crippen LogP) is 4.00. The fraction of sp³-hybridized carbons (Fsp3) is 0.375. The molecule has 234 valence electrons. The third-order valence-electron chi connectivity index (χ3n) is 8.80. The van der Waals surface area contributed by atoms with Crippen molar-refractivity contribution in [3.8, 4) is 0 Å². The fourth-order valence-electron chi connectivity index (χ4n) is 6.52. The molecule has 0 saturated carbocycles. The van der Waals surface area contributed by atoms with Crippen LogP contribution in [0.15, 0.2) is 83.3 Å². The lowest BCUT2D eigenvalue weighted by atomic mass is 9.77. The van der Waals surface area contributed by atoms with Crippen LogP contribution in [0.3, 0.4) is 0 Å². The first-order valence-electron chi connectivity index (χ1n) is 14.5. The summed E-state index contributed by atoms with van der Waals surface area (Å²) in [4.78, 5) is 53.1. The first-order chi connectivity index (χ1) is 20.4. The van der Waals surface area contributed by atoms with Gasteiger partial charge in [0.2, 0.25) is 5.69 Å². The van der Waals surface area contributed by atoms with Crippen LogP contribution in [0.4, 0.5) is 11.4 Å². The van der Waals surface area contributed by atoms with Crippen LogP contribution in [0, 0.1) is 0 Å². The minimum absolute atomic E-state index is 0.0501. The van der Waals surface area contributed by atoms with E-state index in [1.165, 1.54) is 0 Å². The second-order valence-corrected chi connectivity index (χ2v) is 16.2. The molecule has 10 nitrogen and oxygen atoms in total. The van der Waals surface area contributed by atoms with Crippen LogP contribution in [-0.4, -0.2) is 61.1 Å². The Labute approximate surface area is 257 Å². The van der Waals surface area contributed by atoms with Gasteiger partial charge in [0.25, 0.3) is 0 Å². The maximum atomic E-state index is 13.6. The van der Waals surface area contributed by atoms with Crippen molar-refractivity contribution in [1.29, 1.82) is 0 Å². The number of Topliss-reactive ketones (excluding diaryl/α,β-unsaturated/α-hetero) is 1. The number of rotatable bonds is 10. The molecule has 4 N–H and O–H groups in total. The lowest BCUT2D eigenvalue weighted by Crippen LogP contribution is -2.35. The lowest BCUT2D eigenvalue weighted by molar-refractivity contribution is -0.437. The summed E-state index contributed by atoms with van der Waals surface area (Å²) in [6.07, 6.45) is 3.14. The van der Waals surface area contributed by atoms with Crippen molar-refractivity contribution < 1.29 is 43.2 Å². The number of carbonyl (C=O) groups is 1. The van der Waals surface area contributed by atoms with Crippen LogP contribution < -0.4 is 10.0 Å². The summed E-state index contributed by atoms with van der Waals surface area (Å²) in [7, 11) is -8.38. The van der Waals surface area contributed by atoms with E-state index in [-0.39, 0.29) is 47.9 Å². The van der Waals surface area contributed by atoms with Gasteiger partial charge in [0.1, 0.15) is 6.54 Å². The maximum absolute atomic E-state index is 13.6. The first kappa shape index (κ1) is 32.3. The lowest BCUT2D eigenvalue weighted by Gasteiger charge is -2.33. The molecule has 2 aliphatic heterocycles. The van der Waals surface area contributed by atoms with Crippen molar-refractivity contribution in [3.05, 3.63) is 94.4 Å². The molecule has 44 heavy (non-hydrogen) atoms. The number of ketones is 1. The van der Waals surface area contributed by atoms with Crippen molar-refractivity contribution in [3.63, 3.8) is 0 Å². The quantitative estimate of drug-likeness (QED) is 0.171. The SMILES string of the molecule is CC1(C)C(/C=C2\C(=O)C(/C=C3\N(CCCP(=O)(O)O)c4ccccc4C3(C)C)=C2[O-])=[N+](CCCP(=O)(O)O)c2ccccc21. The molecule has 5 rings (SSSR count).